The first-order chi connectivity index (χ1) is 8.19. The van der Waals surface area contributed by atoms with Crippen molar-refractivity contribution in [1.82, 2.24) is 4.90 Å². The van der Waals surface area contributed by atoms with Gasteiger partial charge in [0.15, 0.2) is 0 Å². The second kappa shape index (κ2) is 7.07. The Morgan fingerprint density at radius 1 is 1.41 bits per heavy atom. The largest absolute Gasteiger partial charge is 0.342 e. The smallest absolute Gasteiger partial charge is 0.253 e. The number of amides is 1. The van der Waals surface area contributed by atoms with Crippen LogP contribution in [0, 0.1) is 0 Å². The van der Waals surface area contributed by atoms with E-state index in [-0.39, 0.29) is 5.91 Å². The molecule has 1 aromatic carbocycles. The SMILES string of the molecule is CCCCN(C)C(=O)c1cccc(CCN)c1. The zero-order chi connectivity index (χ0) is 12.7. The minimum absolute atomic E-state index is 0.0947. The summed E-state index contributed by atoms with van der Waals surface area (Å²) < 4.78 is 0. The second-order valence-corrected chi connectivity index (χ2v) is 4.32. The standard InChI is InChI=1S/C14H22N2O/c1-3-4-10-16(2)14(17)13-7-5-6-12(11-13)8-9-15/h5-7,11H,3-4,8-10,15H2,1-2H3. The van der Waals surface area contributed by atoms with Crippen LogP contribution in [0.3, 0.4) is 0 Å². The Labute approximate surface area is 104 Å². The number of unbranched alkanes of at least 4 members (excludes halogenated alkanes) is 1. The van der Waals surface area contributed by atoms with Gasteiger partial charge in [0.05, 0.1) is 0 Å². The van der Waals surface area contributed by atoms with Crippen molar-refractivity contribution in [3.05, 3.63) is 35.4 Å². The Kier molecular flexibility index (Phi) is 5.70. The number of benzene rings is 1. The van der Waals surface area contributed by atoms with Crippen molar-refractivity contribution in [3.63, 3.8) is 0 Å². The highest BCUT2D eigenvalue weighted by molar-refractivity contribution is 5.94. The highest BCUT2D eigenvalue weighted by Gasteiger charge is 2.10. The van der Waals surface area contributed by atoms with Gasteiger partial charge in [-0.25, -0.2) is 0 Å². The summed E-state index contributed by atoms with van der Waals surface area (Å²) in [7, 11) is 1.85. The highest BCUT2D eigenvalue weighted by Crippen LogP contribution is 2.08. The summed E-state index contributed by atoms with van der Waals surface area (Å²) in [5.41, 5.74) is 7.40. The molecule has 3 nitrogen and oxygen atoms in total. The molecule has 1 rings (SSSR count). The van der Waals surface area contributed by atoms with E-state index in [1.165, 1.54) is 0 Å². The van der Waals surface area contributed by atoms with Crippen LogP contribution in [0.4, 0.5) is 0 Å². The lowest BCUT2D eigenvalue weighted by atomic mass is 10.1. The minimum atomic E-state index is 0.0947. The molecule has 17 heavy (non-hydrogen) atoms. The Morgan fingerprint density at radius 3 is 2.82 bits per heavy atom. The first kappa shape index (κ1) is 13.7. The van der Waals surface area contributed by atoms with Gasteiger partial charge in [-0.05, 0) is 37.1 Å². The predicted molar refractivity (Wildman–Crippen MR) is 71.1 cm³/mol. The number of rotatable bonds is 6. The van der Waals surface area contributed by atoms with E-state index in [2.05, 4.69) is 6.92 Å². The summed E-state index contributed by atoms with van der Waals surface area (Å²) in [5, 5.41) is 0. The molecule has 3 heteroatoms. The Hall–Kier alpha value is -1.35. The lowest BCUT2D eigenvalue weighted by Crippen LogP contribution is -2.27. The van der Waals surface area contributed by atoms with Gasteiger partial charge < -0.3 is 10.6 Å². The van der Waals surface area contributed by atoms with E-state index in [4.69, 9.17) is 5.73 Å². The third kappa shape index (κ3) is 4.19. The van der Waals surface area contributed by atoms with Gasteiger partial charge in [0.1, 0.15) is 0 Å². The summed E-state index contributed by atoms with van der Waals surface area (Å²) in [5.74, 6) is 0.0947. The third-order valence-electron chi connectivity index (χ3n) is 2.80. The molecule has 0 aliphatic heterocycles. The number of hydrogen-bond donors (Lipinski definition) is 1. The zero-order valence-electron chi connectivity index (χ0n) is 10.8. The quantitative estimate of drug-likeness (QED) is 0.819. The molecule has 94 valence electrons. The molecule has 0 aliphatic rings. The fourth-order valence-corrected chi connectivity index (χ4v) is 1.74. The van der Waals surface area contributed by atoms with Crippen LogP contribution in [-0.2, 0) is 6.42 Å². The topological polar surface area (TPSA) is 46.3 Å². The van der Waals surface area contributed by atoms with Crippen LogP contribution in [0.15, 0.2) is 24.3 Å². The van der Waals surface area contributed by atoms with E-state index in [0.29, 0.717) is 6.54 Å². The van der Waals surface area contributed by atoms with Crippen LogP contribution in [0.25, 0.3) is 0 Å². The number of carbonyl (C=O) groups excluding carboxylic acids is 1. The fraction of sp³-hybridized carbons (Fsp3) is 0.500. The van der Waals surface area contributed by atoms with Crippen LogP contribution >= 0.6 is 0 Å². The number of hydrogen-bond acceptors (Lipinski definition) is 2. The predicted octanol–water partition coefficient (Wildman–Crippen LogP) is 2.06. The van der Waals surface area contributed by atoms with Crippen molar-refractivity contribution in [2.24, 2.45) is 5.73 Å². The maximum Gasteiger partial charge on any atom is 0.253 e. The van der Waals surface area contributed by atoms with Gasteiger partial charge in [-0.2, -0.15) is 0 Å². The number of carbonyl (C=O) groups is 1. The van der Waals surface area contributed by atoms with Crippen LogP contribution in [-0.4, -0.2) is 30.9 Å². The van der Waals surface area contributed by atoms with Crippen molar-refractivity contribution in [2.45, 2.75) is 26.2 Å². The van der Waals surface area contributed by atoms with Gasteiger partial charge in [0.2, 0.25) is 0 Å². The third-order valence-corrected chi connectivity index (χ3v) is 2.80. The van der Waals surface area contributed by atoms with Crippen LogP contribution < -0.4 is 5.73 Å². The second-order valence-electron chi connectivity index (χ2n) is 4.32. The van der Waals surface area contributed by atoms with E-state index in [1.54, 1.807) is 4.90 Å². The molecule has 2 N–H and O–H groups in total. The van der Waals surface area contributed by atoms with E-state index in [9.17, 15) is 4.79 Å². The van der Waals surface area contributed by atoms with Gasteiger partial charge in [0.25, 0.3) is 5.91 Å². The van der Waals surface area contributed by atoms with Crippen LogP contribution in [0.2, 0.25) is 0 Å². The molecule has 1 aromatic rings. The Morgan fingerprint density at radius 2 is 2.18 bits per heavy atom. The van der Waals surface area contributed by atoms with Crippen molar-refractivity contribution in [3.8, 4) is 0 Å². The fourth-order valence-electron chi connectivity index (χ4n) is 1.74. The summed E-state index contributed by atoms with van der Waals surface area (Å²) in [4.78, 5) is 13.9. The van der Waals surface area contributed by atoms with Crippen LogP contribution in [0.5, 0.6) is 0 Å². The Balaban J connectivity index is 2.70. The number of nitrogens with two attached hydrogens (primary N) is 1. The lowest BCUT2D eigenvalue weighted by molar-refractivity contribution is 0.0793. The number of nitrogens with zero attached hydrogens (tertiary/aromatic N) is 1. The maximum absolute atomic E-state index is 12.1. The van der Waals surface area contributed by atoms with Crippen LogP contribution in [0.1, 0.15) is 35.7 Å². The molecular formula is C14H22N2O. The molecule has 0 heterocycles. The van der Waals surface area contributed by atoms with E-state index < -0.39 is 0 Å². The minimum Gasteiger partial charge on any atom is -0.342 e. The maximum atomic E-state index is 12.1. The van der Waals surface area contributed by atoms with Gasteiger partial charge >= 0.3 is 0 Å². The van der Waals surface area contributed by atoms with Gasteiger partial charge in [-0.3, -0.25) is 4.79 Å². The molecular weight excluding hydrogens is 212 g/mol. The normalized spacial score (nSPS) is 10.3. The van der Waals surface area contributed by atoms with Crippen molar-refractivity contribution >= 4 is 5.91 Å². The van der Waals surface area contributed by atoms with E-state index >= 15 is 0 Å². The molecule has 0 aliphatic carbocycles. The molecule has 0 atom stereocenters. The van der Waals surface area contributed by atoms with Crippen molar-refractivity contribution in [2.75, 3.05) is 20.1 Å². The van der Waals surface area contributed by atoms with Gasteiger partial charge in [0, 0.05) is 19.2 Å². The average Bonchev–Trinajstić information content (AvgIpc) is 2.35. The molecule has 0 bridgehead atoms. The van der Waals surface area contributed by atoms with Gasteiger partial charge in [-0.1, -0.05) is 25.5 Å². The molecule has 0 unspecified atom stereocenters. The first-order valence-electron chi connectivity index (χ1n) is 6.23. The molecule has 1 amide bonds. The first-order valence-corrected chi connectivity index (χ1v) is 6.23. The van der Waals surface area contributed by atoms with E-state index in [1.807, 2.05) is 31.3 Å². The molecule has 0 fully saturated rings. The average molecular weight is 234 g/mol. The Bertz CT molecular complexity index is 363. The van der Waals surface area contributed by atoms with Crippen molar-refractivity contribution < 1.29 is 4.79 Å². The molecule has 0 spiro atoms. The molecule has 0 radical (unpaired) electrons. The van der Waals surface area contributed by atoms with Crippen molar-refractivity contribution in [1.29, 1.82) is 0 Å². The summed E-state index contributed by atoms with van der Waals surface area (Å²) in [6.45, 7) is 3.56. The monoisotopic (exact) mass is 234 g/mol. The summed E-state index contributed by atoms with van der Waals surface area (Å²) in [6.07, 6.45) is 2.97. The highest BCUT2D eigenvalue weighted by atomic mass is 16.2. The lowest BCUT2D eigenvalue weighted by Gasteiger charge is -2.17. The summed E-state index contributed by atoms with van der Waals surface area (Å²) in [6, 6.07) is 7.74. The summed E-state index contributed by atoms with van der Waals surface area (Å²) >= 11 is 0. The zero-order valence-corrected chi connectivity index (χ0v) is 10.8. The van der Waals surface area contributed by atoms with Gasteiger partial charge in [-0.15, -0.1) is 0 Å². The van der Waals surface area contributed by atoms with E-state index in [0.717, 1.165) is 36.9 Å². The molecule has 0 aromatic heterocycles. The molecule has 0 saturated heterocycles. The molecule has 0 saturated carbocycles.